The lowest BCUT2D eigenvalue weighted by Crippen LogP contribution is -2.03. The largest absolute Gasteiger partial charge is 0.496 e. The third-order valence-corrected chi connectivity index (χ3v) is 13.0. The van der Waals surface area contributed by atoms with Gasteiger partial charge in [0.2, 0.25) is 0 Å². The molecule has 3 rings (SSSR count). The lowest BCUT2D eigenvalue weighted by atomic mass is 10.1. The van der Waals surface area contributed by atoms with E-state index >= 15 is 0 Å². The molecule has 1 nitrogen and oxygen atoms in total. The van der Waals surface area contributed by atoms with Crippen molar-refractivity contribution < 1.29 is 4.74 Å². The quantitative estimate of drug-likeness (QED) is 0.590. The summed E-state index contributed by atoms with van der Waals surface area (Å²) in [6, 6.07) is 6.69. The molecule has 2 aliphatic heterocycles. The average Bonchev–Trinajstić information content (AvgIpc) is 3.10. The first kappa shape index (κ1) is 17.1. The van der Waals surface area contributed by atoms with E-state index in [0.717, 1.165) is 17.3 Å². The molecule has 0 aliphatic carbocycles. The average molecular weight is 381 g/mol. The van der Waals surface area contributed by atoms with E-state index < -0.39 is 18.5 Å². The van der Waals surface area contributed by atoms with Crippen molar-refractivity contribution in [2.45, 2.75) is 37.2 Å². The highest BCUT2D eigenvalue weighted by molar-refractivity contribution is 8.51. The van der Waals surface area contributed by atoms with Crippen molar-refractivity contribution in [3.05, 3.63) is 29.3 Å². The van der Waals surface area contributed by atoms with Gasteiger partial charge in [0, 0.05) is 17.1 Å². The van der Waals surface area contributed by atoms with Gasteiger partial charge in [-0.25, -0.2) is 0 Å². The van der Waals surface area contributed by atoms with E-state index in [1.807, 2.05) is 0 Å². The number of rotatable bonds is 5. The summed E-state index contributed by atoms with van der Waals surface area (Å²) < 4.78 is 5.66. The molecule has 1 aromatic rings. The van der Waals surface area contributed by atoms with Crippen LogP contribution in [0.1, 0.15) is 36.8 Å². The van der Waals surface area contributed by atoms with E-state index in [1.165, 1.54) is 59.8 Å². The number of methoxy groups -OCH3 is 1. The van der Waals surface area contributed by atoms with Crippen LogP contribution < -0.4 is 4.74 Å². The van der Waals surface area contributed by atoms with Crippen molar-refractivity contribution in [1.82, 2.24) is 0 Å². The molecular weight excluding hydrogens is 355 g/mol. The molecule has 0 radical (unpaired) electrons. The van der Waals surface area contributed by atoms with Crippen LogP contribution in [0.2, 0.25) is 0 Å². The zero-order valence-electron chi connectivity index (χ0n) is 13.3. The van der Waals surface area contributed by atoms with Gasteiger partial charge in [0.15, 0.2) is 0 Å². The maximum Gasteiger partial charge on any atom is 0.123 e. The Kier molecular flexibility index (Phi) is 5.49. The van der Waals surface area contributed by atoms with Crippen LogP contribution in [0.15, 0.2) is 18.2 Å². The van der Waals surface area contributed by atoms with E-state index in [-0.39, 0.29) is 0 Å². The maximum atomic E-state index is 6.84. The first-order chi connectivity index (χ1) is 10.5. The third kappa shape index (κ3) is 4.03. The Morgan fingerprint density at radius 2 is 1.45 bits per heavy atom. The van der Waals surface area contributed by atoms with Gasteiger partial charge in [-0.15, -0.1) is 0 Å². The van der Waals surface area contributed by atoms with Crippen molar-refractivity contribution in [2.24, 2.45) is 0 Å². The lowest BCUT2D eigenvalue weighted by Gasteiger charge is -2.29. The van der Waals surface area contributed by atoms with Crippen LogP contribution in [0.3, 0.4) is 0 Å². The minimum atomic E-state index is -0.965. The van der Waals surface area contributed by atoms with Crippen LogP contribution in [0.25, 0.3) is 0 Å². The fourth-order valence-electron chi connectivity index (χ4n) is 3.51. The molecule has 0 aromatic heterocycles. The zero-order valence-corrected chi connectivity index (χ0v) is 16.4. The van der Waals surface area contributed by atoms with E-state index in [1.54, 1.807) is 7.11 Å². The van der Waals surface area contributed by atoms with E-state index in [9.17, 15) is 0 Å². The molecule has 0 bridgehead atoms. The Morgan fingerprint density at radius 3 is 2.00 bits per heavy atom. The predicted octanol–water partition coefficient (Wildman–Crippen LogP) is 6.20. The number of hydrogen-bond donors (Lipinski definition) is 0. The van der Waals surface area contributed by atoms with E-state index in [0.29, 0.717) is 0 Å². The van der Waals surface area contributed by atoms with Gasteiger partial charge in [-0.3, -0.25) is 0 Å². The Morgan fingerprint density at radius 1 is 0.909 bits per heavy atom. The monoisotopic (exact) mass is 380 g/mol. The van der Waals surface area contributed by atoms with Crippen LogP contribution in [-0.2, 0) is 11.5 Å². The smallest absolute Gasteiger partial charge is 0.123 e. The standard InChI is InChI=1S/C17H26Cl2OS2/c1-20-17-12-15(13-21(18)8-2-3-9-21)6-7-16(17)14-22(19)10-4-5-11-22/h6-7,12H,2-5,8-11,13-14H2,1H3. The summed E-state index contributed by atoms with van der Waals surface area (Å²) in [7, 11) is 13.5. The van der Waals surface area contributed by atoms with Gasteiger partial charge in [0.25, 0.3) is 0 Å². The van der Waals surface area contributed by atoms with Crippen molar-refractivity contribution in [3.63, 3.8) is 0 Å². The summed E-state index contributed by atoms with van der Waals surface area (Å²) in [5.41, 5.74) is 2.61. The van der Waals surface area contributed by atoms with Crippen molar-refractivity contribution in [1.29, 1.82) is 0 Å². The second kappa shape index (κ2) is 7.04. The van der Waals surface area contributed by atoms with Crippen LogP contribution in [0.5, 0.6) is 5.75 Å². The van der Waals surface area contributed by atoms with E-state index in [2.05, 4.69) is 18.2 Å². The predicted molar refractivity (Wildman–Crippen MR) is 105 cm³/mol. The normalized spacial score (nSPS) is 25.8. The van der Waals surface area contributed by atoms with Gasteiger partial charge in [-0.2, -0.15) is 18.5 Å². The van der Waals surface area contributed by atoms with Crippen LogP contribution in [0, 0.1) is 0 Å². The van der Waals surface area contributed by atoms with Crippen LogP contribution >= 0.6 is 39.8 Å². The molecule has 0 spiro atoms. The van der Waals surface area contributed by atoms with Gasteiger partial charge in [0.1, 0.15) is 5.75 Å². The third-order valence-electron chi connectivity index (χ3n) is 4.73. The molecule has 2 saturated heterocycles. The zero-order chi connectivity index (χ0) is 15.6. The summed E-state index contributed by atoms with van der Waals surface area (Å²) in [6.07, 6.45) is 5.17. The summed E-state index contributed by atoms with van der Waals surface area (Å²) >= 11 is 0. The number of halogens is 2. The summed E-state index contributed by atoms with van der Waals surface area (Å²) in [4.78, 5) is 0. The van der Waals surface area contributed by atoms with E-state index in [4.69, 9.17) is 26.1 Å². The summed E-state index contributed by atoms with van der Waals surface area (Å²) in [5, 5.41) is 0. The number of ether oxygens (including phenoxy) is 1. The van der Waals surface area contributed by atoms with Crippen molar-refractivity contribution >= 4 is 39.8 Å². The fraction of sp³-hybridized carbons (Fsp3) is 0.647. The van der Waals surface area contributed by atoms with Gasteiger partial charge < -0.3 is 4.74 Å². The Hall–Kier alpha value is 0.300. The molecule has 1 aromatic carbocycles. The summed E-state index contributed by atoms with van der Waals surface area (Å²) in [5.74, 6) is 7.87. The molecular formula is C17H26Cl2OS2. The van der Waals surface area contributed by atoms with Gasteiger partial charge in [-0.05, 0) is 60.3 Å². The maximum absolute atomic E-state index is 6.84. The minimum Gasteiger partial charge on any atom is -0.496 e. The molecule has 0 saturated carbocycles. The molecule has 5 heteroatoms. The Bertz CT molecular complexity index is 523. The lowest BCUT2D eigenvalue weighted by molar-refractivity contribution is 0.411. The molecule has 2 heterocycles. The fourth-order valence-corrected chi connectivity index (χ4v) is 11.0. The topological polar surface area (TPSA) is 9.23 Å². The minimum absolute atomic E-state index is 0.933. The van der Waals surface area contributed by atoms with Crippen molar-refractivity contribution in [3.8, 4) is 5.75 Å². The second-order valence-electron chi connectivity index (χ2n) is 6.54. The first-order valence-corrected chi connectivity index (χ1v) is 14.0. The second-order valence-corrected chi connectivity index (χ2v) is 16.4. The molecule has 2 aliphatic rings. The molecule has 0 unspecified atom stereocenters. The number of hydrogen-bond acceptors (Lipinski definition) is 1. The highest BCUT2D eigenvalue weighted by atomic mass is 35.7. The molecule has 0 amide bonds. The molecule has 126 valence electrons. The molecule has 22 heavy (non-hydrogen) atoms. The highest BCUT2D eigenvalue weighted by Crippen LogP contribution is 2.62. The van der Waals surface area contributed by atoms with Crippen molar-refractivity contribution in [2.75, 3.05) is 30.1 Å². The summed E-state index contributed by atoms with van der Waals surface area (Å²) in [6.45, 7) is 0. The highest BCUT2D eigenvalue weighted by Gasteiger charge is 2.29. The SMILES string of the molecule is COc1cc(CS2(Cl)CCCC2)ccc1CS1(Cl)CCCC1. The van der Waals surface area contributed by atoms with Gasteiger partial charge >= 0.3 is 0 Å². The number of benzene rings is 1. The Balaban J connectivity index is 1.75. The first-order valence-electron chi connectivity index (χ1n) is 8.10. The molecule has 0 atom stereocenters. The molecule has 0 N–H and O–H groups in total. The van der Waals surface area contributed by atoms with Gasteiger partial charge in [-0.1, -0.05) is 33.5 Å². The van der Waals surface area contributed by atoms with Crippen LogP contribution in [-0.4, -0.2) is 30.1 Å². The van der Waals surface area contributed by atoms with Crippen LogP contribution in [0.4, 0.5) is 0 Å². The van der Waals surface area contributed by atoms with Gasteiger partial charge in [0.05, 0.1) is 7.11 Å². The molecule has 2 fully saturated rings. The Labute approximate surface area is 146 Å².